The largest absolute Gasteiger partial charge is 0.309 e. The van der Waals surface area contributed by atoms with Gasteiger partial charge < -0.3 is 4.57 Å². The highest BCUT2D eigenvalue weighted by molar-refractivity contribution is 9.10. The standard InChI is InChI=1S/C25H13BrN2/c26-20-10-11-22-25-19(20)9-8-17-12-15(14-27)13-23(24(17)25)28(22)21-7-3-5-16-4-1-2-6-18(16)21/h1-13H. The number of halogens is 1. The summed E-state index contributed by atoms with van der Waals surface area (Å²) in [7, 11) is 0. The predicted molar refractivity (Wildman–Crippen MR) is 119 cm³/mol. The zero-order chi connectivity index (χ0) is 18.8. The monoisotopic (exact) mass is 420 g/mol. The van der Waals surface area contributed by atoms with E-state index in [2.05, 4.69) is 93.3 Å². The van der Waals surface area contributed by atoms with E-state index < -0.39 is 0 Å². The van der Waals surface area contributed by atoms with Crippen molar-refractivity contribution < 1.29 is 0 Å². The summed E-state index contributed by atoms with van der Waals surface area (Å²) in [5.74, 6) is 0. The van der Waals surface area contributed by atoms with E-state index in [1.54, 1.807) is 0 Å². The van der Waals surface area contributed by atoms with Crippen LogP contribution in [-0.4, -0.2) is 4.57 Å². The maximum Gasteiger partial charge on any atom is 0.0992 e. The maximum absolute atomic E-state index is 9.59. The van der Waals surface area contributed by atoms with Gasteiger partial charge in [0, 0.05) is 20.6 Å². The zero-order valence-corrected chi connectivity index (χ0v) is 16.4. The van der Waals surface area contributed by atoms with E-state index in [1.807, 2.05) is 12.1 Å². The fourth-order valence-electron chi connectivity index (χ4n) is 4.45. The van der Waals surface area contributed by atoms with E-state index in [-0.39, 0.29) is 0 Å². The number of aromatic nitrogens is 1. The van der Waals surface area contributed by atoms with E-state index in [4.69, 9.17) is 0 Å². The molecule has 0 N–H and O–H groups in total. The van der Waals surface area contributed by atoms with E-state index in [0.29, 0.717) is 5.56 Å². The summed E-state index contributed by atoms with van der Waals surface area (Å²) in [4.78, 5) is 0. The minimum Gasteiger partial charge on any atom is -0.309 e. The van der Waals surface area contributed by atoms with Crippen LogP contribution in [0.25, 0.3) is 49.0 Å². The van der Waals surface area contributed by atoms with Crippen molar-refractivity contribution >= 4 is 59.3 Å². The van der Waals surface area contributed by atoms with Gasteiger partial charge in [0.2, 0.25) is 0 Å². The Hall–Kier alpha value is -3.35. The molecule has 2 nitrogen and oxygen atoms in total. The van der Waals surface area contributed by atoms with Crippen LogP contribution in [0.1, 0.15) is 5.56 Å². The number of benzene rings is 5. The molecule has 3 heteroatoms. The zero-order valence-electron chi connectivity index (χ0n) is 14.8. The lowest BCUT2D eigenvalue weighted by molar-refractivity contribution is 1.20. The normalized spacial score (nSPS) is 11.7. The molecule has 1 heterocycles. The van der Waals surface area contributed by atoms with Crippen molar-refractivity contribution in [3.63, 3.8) is 0 Å². The average molecular weight is 421 g/mol. The van der Waals surface area contributed by atoms with Crippen molar-refractivity contribution in [2.75, 3.05) is 0 Å². The van der Waals surface area contributed by atoms with Gasteiger partial charge in [0.1, 0.15) is 0 Å². The third-order valence-electron chi connectivity index (χ3n) is 5.62. The molecule has 0 unspecified atom stereocenters. The highest BCUT2D eigenvalue weighted by Crippen LogP contribution is 2.42. The van der Waals surface area contributed by atoms with Crippen LogP contribution in [0.5, 0.6) is 0 Å². The first kappa shape index (κ1) is 15.7. The molecule has 0 aliphatic carbocycles. The van der Waals surface area contributed by atoms with Crippen molar-refractivity contribution in [2.24, 2.45) is 0 Å². The fourth-order valence-corrected chi connectivity index (χ4v) is 4.92. The lowest BCUT2D eigenvalue weighted by Crippen LogP contribution is -1.95. The Morgan fingerprint density at radius 3 is 2.46 bits per heavy atom. The van der Waals surface area contributed by atoms with Crippen LogP contribution in [0.4, 0.5) is 0 Å². The molecule has 6 rings (SSSR count). The van der Waals surface area contributed by atoms with Crippen LogP contribution in [0, 0.1) is 11.3 Å². The Kier molecular flexibility index (Phi) is 3.12. The molecular formula is C25H13BrN2. The summed E-state index contributed by atoms with van der Waals surface area (Å²) in [6, 6.07) is 29.7. The summed E-state index contributed by atoms with van der Waals surface area (Å²) in [6.45, 7) is 0. The van der Waals surface area contributed by atoms with Gasteiger partial charge in [0.25, 0.3) is 0 Å². The molecule has 0 saturated heterocycles. The lowest BCUT2D eigenvalue weighted by atomic mass is 10.0. The first-order valence-electron chi connectivity index (χ1n) is 9.13. The molecule has 0 spiro atoms. The molecule has 130 valence electrons. The van der Waals surface area contributed by atoms with E-state index in [1.165, 1.54) is 26.9 Å². The molecule has 28 heavy (non-hydrogen) atoms. The Morgan fingerprint density at radius 1 is 0.714 bits per heavy atom. The quantitative estimate of drug-likeness (QED) is 0.259. The fraction of sp³-hybridized carbons (Fsp3) is 0. The second kappa shape index (κ2) is 5.58. The van der Waals surface area contributed by atoms with Crippen molar-refractivity contribution in [1.82, 2.24) is 4.57 Å². The SMILES string of the molecule is N#Cc1cc2ccc3c(Br)ccc4c3c2c(c1)n4-c1cccc2ccccc12. The van der Waals surface area contributed by atoms with Gasteiger partial charge in [0.15, 0.2) is 0 Å². The van der Waals surface area contributed by atoms with Gasteiger partial charge in [-0.05, 0) is 46.5 Å². The molecule has 6 aromatic rings. The van der Waals surface area contributed by atoms with Gasteiger partial charge in [-0.3, -0.25) is 0 Å². The molecule has 0 aliphatic heterocycles. The molecule has 0 aliphatic rings. The Balaban J connectivity index is 1.92. The first-order valence-corrected chi connectivity index (χ1v) is 9.92. The number of nitrogens with zero attached hydrogens (tertiary/aromatic N) is 2. The Bertz CT molecular complexity index is 1580. The minimum atomic E-state index is 0.680. The molecule has 0 amide bonds. The first-order chi connectivity index (χ1) is 13.8. The van der Waals surface area contributed by atoms with Crippen molar-refractivity contribution in [3.05, 3.63) is 88.9 Å². The van der Waals surface area contributed by atoms with Gasteiger partial charge in [0.05, 0.1) is 28.4 Å². The van der Waals surface area contributed by atoms with E-state index >= 15 is 0 Å². The third-order valence-corrected chi connectivity index (χ3v) is 6.31. The van der Waals surface area contributed by atoms with Crippen LogP contribution < -0.4 is 0 Å². The summed E-state index contributed by atoms with van der Waals surface area (Å²) in [6.07, 6.45) is 0. The second-order valence-electron chi connectivity index (χ2n) is 7.09. The molecule has 0 saturated carbocycles. The molecular weight excluding hydrogens is 408 g/mol. The van der Waals surface area contributed by atoms with E-state index in [9.17, 15) is 5.26 Å². The highest BCUT2D eigenvalue weighted by Gasteiger charge is 2.19. The van der Waals surface area contributed by atoms with Crippen molar-refractivity contribution in [3.8, 4) is 11.8 Å². The van der Waals surface area contributed by atoms with Gasteiger partial charge in [-0.1, -0.05) is 64.5 Å². The average Bonchev–Trinajstić information content (AvgIpc) is 3.07. The molecule has 0 atom stereocenters. The van der Waals surface area contributed by atoms with Crippen LogP contribution in [-0.2, 0) is 0 Å². The Labute approximate surface area is 169 Å². The predicted octanol–water partition coefficient (Wildman–Crippen LogP) is 7.16. The Morgan fingerprint density at radius 2 is 1.57 bits per heavy atom. The van der Waals surface area contributed by atoms with Gasteiger partial charge >= 0.3 is 0 Å². The number of rotatable bonds is 1. The smallest absolute Gasteiger partial charge is 0.0992 e. The number of hydrogen-bond donors (Lipinski definition) is 0. The third kappa shape index (κ3) is 1.96. The number of hydrogen-bond acceptors (Lipinski definition) is 1. The summed E-state index contributed by atoms with van der Waals surface area (Å²) in [5.41, 5.74) is 4.04. The molecule has 0 bridgehead atoms. The molecule has 5 aromatic carbocycles. The summed E-state index contributed by atoms with van der Waals surface area (Å²) >= 11 is 3.71. The van der Waals surface area contributed by atoms with Crippen molar-refractivity contribution in [2.45, 2.75) is 0 Å². The minimum absolute atomic E-state index is 0.680. The second-order valence-corrected chi connectivity index (χ2v) is 7.95. The summed E-state index contributed by atoms with van der Waals surface area (Å²) in [5, 5.41) is 16.7. The lowest BCUT2D eigenvalue weighted by Gasteiger charge is -2.11. The van der Waals surface area contributed by atoms with Crippen LogP contribution in [0.2, 0.25) is 0 Å². The van der Waals surface area contributed by atoms with Gasteiger partial charge in [-0.15, -0.1) is 0 Å². The van der Waals surface area contributed by atoms with Crippen LogP contribution >= 0.6 is 15.9 Å². The van der Waals surface area contributed by atoms with E-state index in [0.717, 1.165) is 26.6 Å². The van der Waals surface area contributed by atoms with Gasteiger partial charge in [-0.25, -0.2) is 0 Å². The van der Waals surface area contributed by atoms with Crippen LogP contribution in [0.3, 0.4) is 0 Å². The molecule has 1 aromatic heterocycles. The summed E-state index contributed by atoms with van der Waals surface area (Å²) < 4.78 is 3.39. The highest BCUT2D eigenvalue weighted by atomic mass is 79.9. The number of fused-ring (bicyclic) bond motifs is 1. The van der Waals surface area contributed by atoms with Crippen LogP contribution in [0.15, 0.2) is 83.3 Å². The maximum atomic E-state index is 9.59. The van der Waals surface area contributed by atoms with Gasteiger partial charge in [-0.2, -0.15) is 5.26 Å². The molecule has 0 fully saturated rings. The molecule has 0 radical (unpaired) electrons. The topological polar surface area (TPSA) is 28.7 Å². The van der Waals surface area contributed by atoms with Crippen molar-refractivity contribution in [1.29, 1.82) is 5.26 Å². The number of nitriles is 1.